The lowest BCUT2D eigenvalue weighted by molar-refractivity contribution is -0.143. The normalized spacial score (nSPS) is 44.9. The van der Waals surface area contributed by atoms with E-state index in [1.54, 1.807) is 0 Å². The zero-order chi connectivity index (χ0) is 20.4. The summed E-state index contributed by atoms with van der Waals surface area (Å²) in [6.07, 6.45) is 1.73. The van der Waals surface area contributed by atoms with Crippen molar-refractivity contribution in [1.82, 2.24) is 0 Å². The monoisotopic (exact) mass is 380 g/mol. The van der Waals surface area contributed by atoms with Gasteiger partial charge in [-0.3, -0.25) is 4.79 Å². The smallest absolute Gasteiger partial charge is 0.197 e. The van der Waals surface area contributed by atoms with Crippen LogP contribution in [0.3, 0.4) is 0 Å². The maximum absolute atomic E-state index is 13.2. The number of carbonyl (C=O) groups excluding carboxylic acids is 1. The van der Waals surface area contributed by atoms with Gasteiger partial charge in [-0.05, 0) is 61.2 Å². The minimum atomic E-state index is -2.16. The van der Waals surface area contributed by atoms with E-state index < -0.39 is 28.7 Å². The lowest BCUT2D eigenvalue weighted by Crippen LogP contribution is -2.54. The first-order chi connectivity index (χ1) is 12.4. The average molecular weight is 380 g/mol. The minimum Gasteiger partial charge on any atom is -0.392 e. The molecule has 3 aliphatic carbocycles. The number of ether oxygens (including phenoxy) is 1. The van der Waals surface area contributed by atoms with Crippen molar-refractivity contribution in [2.24, 2.45) is 17.8 Å². The van der Waals surface area contributed by atoms with Crippen LogP contribution in [-0.2, 0) is 9.53 Å². The van der Waals surface area contributed by atoms with Crippen LogP contribution >= 0.6 is 0 Å². The third-order valence-electron chi connectivity index (χ3n) is 7.03. The summed E-state index contributed by atoms with van der Waals surface area (Å²) in [6, 6.07) is 0. The molecule has 3 aliphatic rings. The van der Waals surface area contributed by atoms with E-state index in [1.807, 2.05) is 20.8 Å². The van der Waals surface area contributed by atoms with Crippen LogP contribution in [0.1, 0.15) is 47.0 Å². The highest BCUT2D eigenvalue weighted by Crippen LogP contribution is 2.53. The van der Waals surface area contributed by atoms with Crippen LogP contribution in [0.4, 0.5) is 0 Å². The third-order valence-corrected chi connectivity index (χ3v) is 7.03. The second-order valence-corrected chi connectivity index (χ2v) is 9.05. The van der Waals surface area contributed by atoms with Crippen molar-refractivity contribution in [2.45, 2.75) is 69.9 Å². The Morgan fingerprint density at radius 1 is 1.30 bits per heavy atom. The molecular formula is C21H32O6. The Balaban J connectivity index is 2.27. The van der Waals surface area contributed by atoms with Crippen molar-refractivity contribution < 1.29 is 30.0 Å². The van der Waals surface area contributed by atoms with Gasteiger partial charge in [0.2, 0.25) is 0 Å². The molecule has 6 unspecified atom stereocenters. The Morgan fingerprint density at radius 3 is 2.48 bits per heavy atom. The number of aliphatic hydroxyl groups excluding tert-OH is 1. The predicted molar refractivity (Wildman–Crippen MR) is 99.9 cm³/mol. The predicted octanol–water partition coefficient (Wildman–Crippen LogP) is 1.12. The van der Waals surface area contributed by atoms with Gasteiger partial charge in [-0.15, -0.1) is 0 Å². The number of fused-ring (bicyclic) bond motifs is 3. The van der Waals surface area contributed by atoms with E-state index in [4.69, 9.17) is 4.74 Å². The second-order valence-electron chi connectivity index (χ2n) is 9.05. The molecule has 6 nitrogen and oxygen atoms in total. The minimum absolute atomic E-state index is 0.0296. The van der Waals surface area contributed by atoms with Crippen LogP contribution in [-0.4, -0.2) is 62.8 Å². The average Bonchev–Trinajstić information content (AvgIpc) is 2.95. The number of methoxy groups -OCH3 is 1. The highest BCUT2D eigenvalue weighted by atomic mass is 16.5. The van der Waals surface area contributed by atoms with Crippen molar-refractivity contribution in [3.8, 4) is 0 Å². The van der Waals surface area contributed by atoms with Gasteiger partial charge in [-0.25, -0.2) is 0 Å². The topological polar surface area (TPSA) is 107 Å². The summed E-state index contributed by atoms with van der Waals surface area (Å²) in [5.74, 6) is -1.14. The van der Waals surface area contributed by atoms with E-state index in [0.717, 1.165) is 0 Å². The zero-order valence-electron chi connectivity index (χ0n) is 16.8. The standard InChI is InChI=1S/C21H32O6/c1-11(2)17-14-8-16(22)12(3)13-6-7-20(25,10-27-5)15(13)9-21(26,18(17)23)19(14,4)24/h9,11-13,16,22,24-26H,6-8,10H2,1-5H3. The molecule has 0 heterocycles. The van der Waals surface area contributed by atoms with Gasteiger partial charge < -0.3 is 25.2 Å². The van der Waals surface area contributed by atoms with Gasteiger partial charge in [0.1, 0.15) is 11.2 Å². The van der Waals surface area contributed by atoms with E-state index in [2.05, 4.69) is 0 Å². The van der Waals surface area contributed by atoms with Crippen molar-refractivity contribution >= 4 is 5.78 Å². The van der Waals surface area contributed by atoms with Crippen molar-refractivity contribution in [1.29, 1.82) is 0 Å². The highest BCUT2D eigenvalue weighted by Gasteiger charge is 2.62. The maximum Gasteiger partial charge on any atom is 0.197 e. The summed E-state index contributed by atoms with van der Waals surface area (Å²) in [4.78, 5) is 13.2. The van der Waals surface area contributed by atoms with Gasteiger partial charge in [-0.2, -0.15) is 0 Å². The Labute approximate surface area is 160 Å². The maximum atomic E-state index is 13.2. The second kappa shape index (κ2) is 6.49. The Bertz CT molecular complexity index is 705. The molecular weight excluding hydrogens is 348 g/mol. The fourth-order valence-electron chi connectivity index (χ4n) is 5.29. The summed E-state index contributed by atoms with van der Waals surface area (Å²) < 4.78 is 5.20. The van der Waals surface area contributed by atoms with Crippen LogP contribution in [0.25, 0.3) is 0 Å². The Kier molecular flexibility index (Phi) is 4.97. The van der Waals surface area contributed by atoms with Gasteiger partial charge in [0.15, 0.2) is 11.4 Å². The van der Waals surface area contributed by atoms with E-state index in [1.165, 1.54) is 20.1 Å². The first kappa shape index (κ1) is 20.7. The fraction of sp³-hybridized carbons (Fsp3) is 0.762. The van der Waals surface area contributed by atoms with Crippen LogP contribution < -0.4 is 0 Å². The van der Waals surface area contributed by atoms with Crippen LogP contribution in [0.15, 0.2) is 22.8 Å². The molecule has 6 atom stereocenters. The molecule has 152 valence electrons. The lowest BCUT2D eigenvalue weighted by atomic mass is 9.77. The molecule has 0 spiro atoms. The van der Waals surface area contributed by atoms with Gasteiger partial charge in [0, 0.05) is 12.7 Å². The van der Waals surface area contributed by atoms with E-state index in [-0.39, 0.29) is 30.8 Å². The van der Waals surface area contributed by atoms with Crippen molar-refractivity contribution in [2.75, 3.05) is 13.7 Å². The molecule has 0 amide bonds. The highest BCUT2D eigenvalue weighted by molar-refractivity contribution is 6.09. The van der Waals surface area contributed by atoms with Gasteiger partial charge >= 0.3 is 0 Å². The van der Waals surface area contributed by atoms with E-state index in [0.29, 0.717) is 29.6 Å². The molecule has 0 aliphatic heterocycles. The first-order valence-electron chi connectivity index (χ1n) is 9.76. The largest absolute Gasteiger partial charge is 0.392 e. The summed E-state index contributed by atoms with van der Waals surface area (Å²) in [5.41, 5.74) is -4.08. The SMILES string of the molecule is COCC1(O)CCC2C1=CC1(O)C(=O)C(C(C)C)=C(CC(O)C2C)C1(C)O. The molecule has 2 bridgehead atoms. The molecule has 0 aromatic carbocycles. The molecule has 1 saturated carbocycles. The van der Waals surface area contributed by atoms with Crippen LogP contribution in [0.2, 0.25) is 0 Å². The number of ketones is 1. The molecule has 3 rings (SSSR count). The number of hydrogen-bond acceptors (Lipinski definition) is 6. The number of rotatable bonds is 3. The third kappa shape index (κ3) is 2.76. The van der Waals surface area contributed by atoms with Crippen LogP contribution in [0, 0.1) is 17.8 Å². The van der Waals surface area contributed by atoms with E-state index >= 15 is 0 Å². The number of Topliss-reactive ketones (excluding diaryl/α,β-unsaturated/α-hetero) is 1. The lowest BCUT2D eigenvalue weighted by Gasteiger charge is -2.36. The van der Waals surface area contributed by atoms with Crippen molar-refractivity contribution in [3.05, 3.63) is 22.8 Å². The Morgan fingerprint density at radius 2 is 1.93 bits per heavy atom. The van der Waals surface area contributed by atoms with Gasteiger partial charge in [0.05, 0.1) is 12.7 Å². The molecule has 1 fully saturated rings. The summed E-state index contributed by atoms with van der Waals surface area (Å²) in [6.45, 7) is 7.04. The number of hydrogen-bond donors (Lipinski definition) is 4. The quantitative estimate of drug-likeness (QED) is 0.547. The number of aliphatic hydroxyl groups is 4. The van der Waals surface area contributed by atoms with Crippen LogP contribution in [0.5, 0.6) is 0 Å². The van der Waals surface area contributed by atoms with E-state index in [9.17, 15) is 25.2 Å². The fourth-order valence-corrected chi connectivity index (χ4v) is 5.29. The van der Waals surface area contributed by atoms with Gasteiger partial charge in [0.25, 0.3) is 0 Å². The molecule has 4 N–H and O–H groups in total. The number of carbonyl (C=O) groups is 1. The Hall–Kier alpha value is -1.05. The zero-order valence-corrected chi connectivity index (χ0v) is 16.8. The van der Waals surface area contributed by atoms with Crippen molar-refractivity contribution in [3.63, 3.8) is 0 Å². The summed E-state index contributed by atoms with van der Waals surface area (Å²) >= 11 is 0. The molecule has 6 heteroatoms. The molecule has 27 heavy (non-hydrogen) atoms. The molecule has 0 aromatic rings. The van der Waals surface area contributed by atoms with Gasteiger partial charge in [-0.1, -0.05) is 20.8 Å². The summed E-state index contributed by atoms with van der Waals surface area (Å²) in [5, 5.41) is 44.8. The first-order valence-corrected chi connectivity index (χ1v) is 9.76. The molecule has 0 radical (unpaired) electrons. The molecule has 0 saturated heterocycles. The summed E-state index contributed by atoms with van der Waals surface area (Å²) in [7, 11) is 1.49. The molecule has 0 aromatic heterocycles.